The Labute approximate surface area is 148 Å². The quantitative estimate of drug-likeness (QED) is 0.781. The van der Waals surface area contributed by atoms with Crippen LogP contribution < -0.4 is 9.47 Å². The molecule has 2 aliphatic rings. The Morgan fingerprint density at radius 3 is 2.80 bits per heavy atom. The zero-order valence-corrected chi connectivity index (χ0v) is 14.7. The minimum atomic E-state index is -0.207. The lowest BCUT2D eigenvalue weighted by atomic mass is 9.97. The Kier molecular flexibility index (Phi) is 5.79. The lowest BCUT2D eigenvalue weighted by Crippen LogP contribution is -2.43. The van der Waals surface area contributed by atoms with Gasteiger partial charge in [0, 0.05) is 19.5 Å². The lowest BCUT2D eigenvalue weighted by Gasteiger charge is -2.31. The summed E-state index contributed by atoms with van der Waals surface area (Å²) in [6.07, 6.45) is 2.77. The summed E-state index contributed by atoms with van der Waals surface area (Å²) in [5, 5.41) is 0. The Balaban J connectivity index is 1.62. The predicted octanol–water partition coefficient (Wildman–Crippen LogP) is 2.19. The zero-order valence-electron chi connectivity index (χ0n) is 14.7. The molecular weight excluding hydrogens is 322 g/mol. The highest BCUT2D eigenvalue weighted by Crippen LogP contribution is 2.30. The largest absolute Gasteiger partial charge is 0.490 e. The zero-order chi connectivity index (χ0) is 17.6. The van der Waals surface area contributed by atoms with E-state index in [0.717, 1.165) is 30.6 Å². The molecule has 0 N–H and O–H groups in total. The van der Waals surface area contributed by atoms with Crippen LogP contribution in [0.4, 0.5) is 0 Å². The van der Waals surface area contributed by atoms with Gasteiger partial charge in [-0.05, 0) is 37.5 Å². The van der Waals surface area contributed by atoms with E-state index in [4.69, 9.17) is 14.2 Å². The van der Waals surface area contributed by atoms with Crippen LogP contribution in [-0.4, -0.2) is 49.7 Å². The standard InChI is InChI=1S/C19H25NO5/c1-2-23-19(22)15-5-3-8-20(13-15)18(21)12-14-6-7-16-17(11-14)25-10-4-9-24-16/h6-7,11,15H,2-5,8-10,12-13H2,1H3. The molecule has 0 bridgehead atoms. The van der Waals surface area contributed by atoms with Crippen molar-refractivity contribution in [1.29, 1.82) is 0 Å². The first-order valence-electron chi connectivity index (χ1n) is 9.00. The van der Waals surface area contributed by atoms with Crippen LogP contribution in [0, 0.1) is 5.92 Å². The normalized spacial score (nSPS) is 19.9. The summed E-state index contributed by atoms with van der Waals surface area (Å²) in [5.74, 6) is 1.06. The molecule has 136 valence electrons. The third-order valence-corrected chi connectivity index (χ3v) is 4.56. The SMILES string of the molecule is CCOC(=O)C1CCCN(C(=O)Cc2ccc3c(c2)OCCCO3)C1. The number of benzene rings is 1. The number of piperidine rings is 1. The molecule has 0 radical (unpaired) electrons. The van der Waals surface area contributed by atoms with E-state index in [2.05, 4.69) is 0 Å². The second-order valence-corrected chi connectivity index (χ2v) is 6.44. The van der Waals surface area contributed by atoms with Crippen molar-refractivity contribution in [2.24, 2.45) is 5.92 Å². The number of hydrogen-bond acceptors (Lipinski definition) is 5. The van der Waals surface area contributed by atoms with Crippen molar-refractivity contribution in [3.8, 4) is 11.5 Å². The molecule has 0 aromatic heterocycles. The number of carbonyl (C=O) groups is 2. The molecule has 0 aliphatic carbocycles. The number of hydrogen-bond donors (Lipinski definition) is 0. The van der Waals surface area contributed by atoms with E-state index in [1.54, 1.807) is 11.8 Å². The lowest BCUT2D eigenvalue weighted by molar-refractivity contribution is -0.151. The molecule has 0 saturated carbocycles. The second-order valence-electron chi connectivity index (χ2n) is 6.44. The summed E-state index contributed by atoms with van der Waals surface area (Å²) in [4.78, 5) is 26.3. The van der Waals surface area contributed by atoms with Gasteiger partial charge in [0.2, 0.25) is 5.91 Å². The third-order valence-electron chi connectivity index (χ3n) is 4.56. The summed E-state index contributed by atoms with van der Waals surface area (Å²) in [6.45, 7) is 4.59. The molecular formula is C19H25NO5. The molecule has 2 heterocycles. The topological polar surface area (TPSA) is 65.1 Å². The Hall–Kier alpha value is -2.24. The highest BCUT2D eigenvalue weighted by atomic mass is 16.5. The van der Waals surface area contributed by atoms with Crippen LogP contribution in [0.1, 0.15) is 31.7 Å². The monoisotopic (exact) mass is 347 g/mol. The fourth-order valence-corrected chi connectivity index (χ4v) is 3.26. The summed E-state index contributed by atoms with van der Waals surface area (Å²) in [5.41, 5.74) is 0.896. The van der Waals surface area contributed by atoms with Gasteiger partial charge >= 0.3 is 5.97 Å². The number of likely N-dealkylation sites (tertiary alicyclic amines) is 1. The number of carbonyl (C=O) groups excluding carboxylic acids is 2. The molecule has 6 nitrogen and oxygen atoms in total. The van der Waals surface area contributed by atoms with Crippen molar-refractivity contribution < 1.29 is 23.8 Å². The van der Waals surface area contributed by atoms with Crippen molar-refractivity contribution in [2.45, 2.75) is 32.6 Å². The molecule has 3 rings (SSSR count). The van der Waals surface area contributed by atoms with Crippen molar-refractivity contribution >= 4 is 11.9 Å². The molecule has 1 unspecified atom stereocenters. The highest BCUT2D eigenvalue weighted by Gasteiger charge is 2.29. The van der Waals surface area contributed by atoms with Crippen LogP contribution in [0.5, 0.6) is 11.5 Å². The maximum atomic E-state index is 12.6. The first-order valence-corrected chi connectivity index (χ1v) is 9.00. The minimum absolute atomic E-state index is 0.0310. The summed E-state index contributed by atoms with van der Waals surface area (Å²) in [6, 6.07) is 5.64. The molecule has 2 aliphatic heterocycles. The Morgan fingerprint density at radius 1 is 1.20 bits per heavy atom. The molecule has 1 saturated heterocycles. The van der Waals surface area contributed by atoms with Gasteiger partial charge in [-0.25, -0.2) is 0 Å². The van der Waals surface area contributed by atoms with Crippen LogP contribution in [0.3, 0.4) is 0 Å². The van der Waals surface area contributed by atoms with Crippen LogP contribution in [0.2, 0.25) is 0 Å². The second kappa shape index (κ2) is 8.23. The van der Waals surface area contributed by atoms with Crippen molar-refractivity contribution in [2.75, 3.05) is 32.9 Å². The van der Waals surface area contributed by atoms with Crippen LogP contribution in [0.15, 0.2) is 18.2 Å². The van der Waals surface area contributed by atoms with Crippen molar-refractivity contribution in [1.82, 2.24) is 4.90 Å². The van der Waals surface area contributed by atoms with E-state index < -0.39 is 0 Å². The van der Waals surface area contributed by atoms with Crippen LogP contribution in [0.25, 0.3) is 0 Å². The fraction of sp³-hybridized carbons (Fsp3) is 0.579. The van der Waals surface area contributed by atoms with E-state index in [1.165, 1.54) is 0 Å². The maximum absolute atomic E-state index is 12.6. The number of rotatable bonds is 4. The van der Waals surface area contributed by atoms with E-state index in [9.17, 15) is 9.59 Å². The third kappa shape index (κ3) is 4.44. The van der Waals surface area contributed by atoms with Gasteiger partial charge in [-0.1, -0.05) is 6.07 Å². The van der Waals surface area contributed by atoms with Gasteiger partial charge < -0.3 is 19.1 Å². The number of ether oxygens (including phenoxy) is 3. The van der Waals surface area contributed by atoms with Crippen LogP contribution >= 0.6 is 0 Å². The first kappa shape index (κ1) is 17.6. The Morgan fingerprint density at radius 2 is 2.00 bits per heavy atom. The average molecular weight is 347 g/mol. The number of nitrogens with zero attached hydrogens (tertiary/aromatic N) is 1. The van der Waals surface area contributed by atoms with E-state index in [0.29, 0.717) is 45.1 Å². The molecule has 0 spiro atoms. The van der Waals surface area contributed by atoms with Gasteiger partial charge in [0.1, 0.15) is 0 Å². The number of esters is 1. The molecule has 1 fully saturated rings. The molecule has 1 aromatic rings. The fourth-order valence-electron chi connectivity index (χ4n) is 3.26. The molecule has 1 aromatic carbocycles. The maximum Gasteiger partial charge on any atom is 0.310 e. The van der Waals surface area contributed by atoms with E-state index in [-0.39, 0.29) is 17.8 Å². The number of amides is 1. The predicted molar refractivity (Wildman–Crippen MR) is 91.7 cm³/mol. The minimum Gasteiger partial charge on any atom is -0.490 e. The van der Waals surface area contributed by atoms with Gasteiger partial charge in [-0.2, -0.15) is 0 Å². The van der Waals surface area contributed by atoms with Gasteiger partial charge in [0.05, 0.1) is 32.2 Å². The van der Waals surface area contributed by atoms with Crippen molar-refractivity contribution in [3.05, 3.63) is 23.8 Å². The van der Waals surface area contributed by atoms with E-state index in [1.807, 2.05) is 18.2 Å². The van der Waals surface area contributed by atoms with E-state index >= 15 is 0 Å². The summed E-state index contributed by atoms with van der Waals surface area (Å²) in [7, 11) is 0. The van der Waals surface area contributed by atoms with Gasteiger partial charge in [-0.15, -0.1) is 0 Å². The smallest absolute Gasteiger partial charge is 0.310 e. The summed E-state index contributed by atoms with van der Waals surface area (Å²) < 4.78 is 16.4. The van der Waals surface area contributed by atoms with Gasteiger partial charge in [0.25, 0.3) is 0 Å². The Bertz CT molecular complexity index is 630. The average Bonchev–Trinajstić information content (AvgIpc) is 2.87. The molecule has 25 heavy (non-hydrogen) atoms. The molecule has 1 amide bonds. The van der Waals surface area contributed by atoms with Crippen LogP contribution in [-0.2, 0) is 20.7 Å². The summed E-state index contributed by atoms with van der Waals surface area (Å²) >= 11 is 0. The first-order chi connectivity index (χ1) is 12.2. The highest BCUT2D eigenvalue weighted by molar-refractivity contribution is 5.80. The molecule has 6 heteroatoms. The number of fused-ring (bicyclic) bond motifs is 1. The molecule has 1 atom stereocenters. The van der Waals surface area contributed by atoms with Gasteiger partial charge in [-0.3, -0.25) is 9.59 Å². The van der Waals surface area contributed by atoms with Crippen molar-refractivity contribution in [3.63, 3.8) is 0 Å². The van der Waals surface area contributed by atoms with Gasteiger partial charge in [0.15, 0.2) is 11.5 Å².